The van der Waals surface area contributed by atoms with Crippen LogP contribution in [0.5, 0.6) is 5.75 Å². The summed E-state index contributed by atoms with van der Waals surface area (Å²) in [4.78, 5) is 0. The van der Waals surface area contributed by atoms with Gasteiger partial charge in [0.1, 0.15) is 12.4 Å². The molecule has 0 saturated carbocycles. The lowest BCUT2D eigenvalue weighted by Gasteiger charge is -2.06. The van der Waals surface area contributed by atoms with Crippen LogP contribution < -0.4 is 10.5 Å². The van der Waals surface area contributed by atoms with Crippen LogP contribution in [0.2, 0.25) is 0 Å². The summed E-state index contributed by atoms with van der Waals surface area (Å²) in [5, 5.41) is 0. The van der Waals surface area contributed by atoms with E-state index in [1.165, 1.54) is 6.07 Å². The van der Waals surface area contributed by atoms with E-state index in [4.69, 9.17) is 14.9 Å². The molecule has 3 nitrogen and oxygen atoms in total. The number of ether oxygens (including phenoxy) is 1. The van der Waals surface area contributed by atoms with Gasteiger partial charge in [-0.2, -0.15) is 0 Å². The first-order valence-corrected chi connectivity index (χ1v) is 4.93. The Morgan fingerprint density at radius 2 is 2.19 bits per heavy atom. The molecule has 1 aromatic carbocycles. The molecule has 2 N–H and O–H groups in total. The van der Waals surface area contributed by atoms with Crippen molar-refractivity contribution in [2.45, 2.75) is 13.2 Å². The number of furan rings is 1. The molecule has 0 amide bonds. The van der Waals surface area contributed by atoms with Crippen LogP contribution in [0, 0.1) is 5.82 Å². The van der Waals surface area contributed by atoms with E-state index < -0.39 is 5.82 Å². The summed E-state index contributed by atoms with van der Waals surface area (Å²) >= 11 is 0. The summed E-state index contributed by atoms with van der Waals surface area (Å²) in [5.74, 6) is 0.449. The topological polar surface area (TPSA) is 48.4 Å². The highest BCUT2D eigenvalue weighted by Crippen LogP contribution is 2.19. The van der Waals surface area contributed by atoms with Gasteiger partial charge in [-0.25, -0.2) is 4.39 Å². The summed E-state index contributed by atoms with van der Waals surface area (Å²) in [7, 11) is 0. The molecule has 0 unspecified atom stereocenters. The van der Waals surface area contributed by atoms with Crippen molar-refractivity contribution >= 4 is 0 Å². The summed E-state index contributed by atoms with van der Waals surface area (Å²) in [6.45, 7) is 0.529. The van der Waals surface area contributed by atoms with Crippen molar-refractivity contribution < 1.29 is 13.5 Å². The lowest BCUT2D eigenvalue weighted by atomic mass is 10.2. The Kier molecular flexibility index (Phi) is 3.22. The second-order valence-corrected chi connectivity index (χ2v) is 3.34. The van der Waals surface area contributed by atoms with Crippen LogP contribution in [0.25, 0.3) is 0 Å². The van der Waals surface area contributed by atoms with Crippen LogP contribution in [-0.4, -0.2) is 0 Å². The van der Waals surface area contributed by atoms with Crippen LogP contribution in [0.15, 0.2) is 41.0 Å². The van der Waals surface area contributed by atoms with Gasteiger partial charge in [0.25, 0.3) is 0 Å². The fourth-order valence-corrected chi connectivity index (χ4v) is 1.33. The number of rotatable bonds is 4. The smallest absolute Gasteiger partial charge is 0.165 e. The Labute approximate surface area is 92.6 Å². The molecular weight excluding hydrogens is 209 g/mol. The van der Waals surface area contributed by atoms with Gasteiger partial charge in [0, 0.05) is 6.54 Å². The zero-order valence-electron chi connectivity index (χ0n) is 8.65. The highest BCUT2D eigenvalue weighted by Gasteiger charge is 2.05. The zero-order chi connectivity index (χ0) is 11.4. The third kappa shape index (κ3) is 2.41. The third-order valence-electron chi connectivity index (χ3n) is 2.18. The number of benzene rings is 1. The van der Waals surface area contributed by atoms with Gasteiger partial charge in [0.15, 0.2) is 11.6 Å². The highest BCUT2D eigenvalue weighted by molar-refractivity contribution is 5.29. The number of halogens is 1. The normalized spacial score (nSPS) is 10.4. The maximum absolute atomic E-state index is 13.5. The Morgan fingerprint density at radius 3 is 2.81 bits per heavy atom. The zero-order valence-corrected chi connectivity index (χ0v) is 8.65. The molecular formula is C12H12FNO2. The van der Waals surface area contributed by atoms with Gasteiger partial charge in [0.2, 0.25) is 0 Å². The van der Waals surface area contributed by atoms with Crippen molar-refractivity contribution in [1.82, 2.24) is 0 Å². The Balaban J connectivity index is 2.04. The minimum atomic E-state index is -0.408. The highest BCUT2D eigenvalue weighted by atomic mass is 19.1. The number of nitrogens with two attached hydrogens (primary N) is 1. The maximum Gasteiger partial charge on any atom is 0.165 e. The summed E-state index contributed by atoms with van der Waals surface area (Å²) in [5.41, 5.74) is 6.14. The summed E-state index contributed by atoms with van der Waals surface area (Å²) < 4.78 is 23.8. The molecule has 0 aliphatic heterocycles. The molecule has 0 aliphatic rings. The van der Waals surface area contributed by atoms with Gasteiger partial charge in [0.05, 0.1) is 6.26 Å². The van der Waals surface area contributed by atoms with Gasteiger partial charge < -0.3 is 14.9 Å². The first-order chi connectivity index (χ1) is 7.79. The fourth-order valence-electron chi connectivity index (χ4n) is 1.33. The minimum absolute atomic E-state index is 0.202. The van der Waals surface area contributed by atoms with Crippen LogP contribution in [0.4, 0.5) is 4.39 Å². The van der Waals surface area contributed by atoms with E-state index in [1.807, 2.05) is 0 Å². The summed E-state index contributed by atoms with van der Waals surface area (Å²) in [6, 6.07) is 8.21. The average Bonchev–Trinajstić information content (AvgIpc) is 2.80. The van der Waals surface area contributed by atoms with Gasteiger partial charge >= 0.3 is 0 Å². The van der Waals surface area contributed by atoms with E-state index in [0.29, 0.717) is 12.3 Å². The molecule has 0 bridgehead atoms. The molecule has 0 fully saturated rings. The van der Waals surface area contributed by atoms with Crippen molar-refractivity contribution in [3.63, 3.8) is 0 Å². The average molecular weight is 221 g/mol. The van der Waals surface area contributed by atoms with E-state index in [2.05, 4.69) is 0 Å². The second-order valence-electron chi connectivity index (χ2n) is 3.34. The van der Waals surface area contributed by atoms with Crippen molar-refractivity contribution in [2.24, 2.45) is 5.73 Å². The quantitative estimate of drug-likeness (QED) is 0.862. The molecule has 1 aromatic heterocycles. The standard InChI is InChI=1S/C12H12FNO2/c13-11-6-9(7-14)3-4-12(11)16-8-10-2-1-5-15-10/h1-6H,7-8,14H2. The molecule has 0 atom stereocenters. The monoisotopic (exact) mass is 221 g/mol. The van der Waals surface area contributed by atoms with E-state index in [-0.39, 0.29) is 12.4 Å². The number of hydrogen-bond acceptors (Lipinski definition) is 3. The van der Waals surface area contributed by atoms with Crippen LogP contribution in [0.1, 0.15) is 11.3 Å². The fraction of sp³-hybridized carbons (Fsp3) is 0.167. The predicted octanol–water partition coefficient (Wildman–Crippen LogP) is 2.46. The maximum atomic E-state index is 13.5. The molecule has 0 spiro atoms. The first kappa shape index (κ1) is 10.7. The van der Waals surface area contributed by atoms with Crippen molar-refractivity contribution in [3.05, 3.63) is 53.7 Å². The van der Waals surface area contributed by atoms with Crippen LogP contribution >= 0.6 is 0 Å². The number of hydrogen-bond donors (Lipinski definition) is 1. The van der Waals surface area contributed by atoms with E-state index in [1.54, 1.807) is 30.5 Å². The van der Waals surface area contributed by atoms with Gasteiger partial charge in [-0.3, -0.25) is 0 Å². The molecule has 1 heterocycles. The molecule has 0 aliphatic carbocycles. The van der Waals surface area contributed by atoms with E-state index in [9.17, 15) is 4.39 Å². The Bertz CT molecular complexity index is 454. The van der Waals surface area contributed by atoms with Crippen LogP contribution in [-0.2, 0) is 13.2 Å². The molecule has 0 radical (unpaired) electrons. The molecule has 2 aromatic rings. The van der Waals surface area contributed by atoms with E-state index >= 15 is 0 Å². The van der Waals surface area contributed by atoms with Gasteiger partial charge in [-0.1, -0.05) is 6.07 Å². The predicted molar refractivity (Wildman–Crippen MR) is 57.3 cm³/mol. The molecule has 16 heavy (non-hydrogen) atoms. The molecule has 4 heteroatoms. The lowest BCUT2D eigenvalue weighted by molar-refractivity contribution is 0.258. The summed E-state index contributed by atoms with van der Waals surface area (Å²) in [6.07, 6.45) is 1.55. The van der Waals surface area contributed by atoms with Crippen molar-refractivity contribution in [1.29, 1.82) is 0 Å². The molecule has 84 valence electrons. The largest absolute Gasteiger partial charge is 0.483 e. The minimum Gasteiger partial charge on any atom is -0.483 e. The Morgan fingerprint density at radius 1 is 1.31 bits per heavy atom. The first-order valence-electron chi connectivity index (χ1n) is 4.93. The van der Waals surface area contributed by atoms with Crippen molar-refractivity contribution in [2.75, 3.05) is 0 Å². The molecule has 2 rings (SSSR count). The van der Waals surface area contributed by atoms with E-state index in [0.717, 1.165) is 5.56 Å². The Hall–Kier alpha value is -1.81. The van der Waals surface area contributed by atoms with Crippen molar-refractivity contribution in [3.8, 4) is 5.75 Å². The van der Waals surface area contributed by atoms with Gasteiger partial charge in [-0.05, 0) is 29.8 Å². The lowest BCUT2D eigenvalue weighted by Crippen LogP contribution is -2.00. The molecule has 0 saturated heterocycles. The van der Waals surface area contributed by atoms with Gasteiger partial charge in [-0.15, -0.1) is 0 Å². The SMILES string of the molecule is NCc1ccc(OCc2ccco2)c(F)c1. The second kappa shape index (κ2) is 4.81. The van der Waals surface area contributed by atoms with Crippen LogP contribution in [0.3, 0.4) is 0 Å². The third-order valence-corrected chi connectivity index (χ3v) is 2.18.